The average Bonchev–Trinajstić information content (AvgIpc) is 1.88. The lowest BCUT2D eigenvalue weighted by Crippen LogP contribution is -2.16. The number of hydrogen-bond donors (Lipinski definition) is 2. The molecule has 0 aromatic carbocycles. The molecule has 9 heavy (non-hydrogen) atoms. The topological polar surface area (TPSA) is 50.4 Å². The summed E-state index contributed by atoms with van der Waals surface area (Å²) in [5.41, 5.74) is 0. The second-order valence-electron chi connectivity index (χ2n) is 1.24. The molecule has 0 rings (SSSR count). The molecule has 0 saturated heterocycles. The summed E-state index contributed by atoms with van der Waals surface area (Å²) in [6.07, 6.45) is -0.407. The van der Waals surface area contributed by atoms with Gasteiger partial charge in [0.1, 0.15) is 0 Å². The van der Waals surface area contributed by atoms with Crippen LogP contribution in [0.1, 0.15) is 0 Å². The van der Waals surface area contributed by atoms with E-state index in [0.29, 0.717) is 0 Å². The molecule has 4 heteroatoms. The number of ether oxygens (including phenoxy) is 1. The maximum absolute atomic E-state index is 9.85. The largest absolute Gasteiger partial charge is 0.453 e. The number of carbonyl (C=O) groups is 1. The number of amides is 1. The van der Waals surface area contributed by atoms with Gasteiger partial charge >= 0.3 is 6.09 Å². The molecule has 0 saturated carbocycles. The molecule has 0 heterocycles. The number of nitrogens with one attached hydrogen (secondary N) is 2. The molecule has 1 amide bonds. The van der Waals surface area contributed by atoms with Crippen molar-refractivity contribution in [3.05, 3.63) is 0 Å². The van der Waals surface area contributed by atoms with Crippen molar-refractivity contribution in [3.8, 4) is 0 Å². The van der Waals surface area contributed by atoms with Crippen LogP contribution in [0.15, 0.2) is 0 Å². The van der Waals surface area contributed by atoms with Gasteiger partial charge in [0, 0.05) is 7.05 Å². The fourth-order valence-electron chi connectivity index (χ4n) is 0.102. The molecule has 0 bridgehead atoms. The lowest BCUT2D eigenvalue weighted by Gasteiger charge is -1.90. The smallest absolute Gasteiger partial charge is 0.406 e. The maximum atomic E-state index is 9.85. The summed E-state index contributed by atoms with van der Waals surface area (Å²) >= 11 is 0. The normalized spacial score (nSPS) is 6.67. The first kappa shape index (κ1) is 11.1. The number of hydrogen-bond acceptors (Lipinski definition) is 3. The molecular formula is C5H14N2O2. The first-order valence-corrected chi connectivity index (χ1v) is 2.57. The Morgan fingerprint density at radius 1 is 1.33 bits per heavy atom. The third kappa shape index (κ3) is 19.0. The van der Waals surface area contributed by atoms with Crippen molar-refractivity contribution < 1.29 is 9.53 Å². The van der Waals surface area contributed by atoms with Gasteiger partial charge in [0.25, 0.3) is 0 Å². The van der Waals surface area contributed by atoms with E-state index in [1.165, 1.54) is 14.2 Å². The van der Waals surface area contributed by atoms with Gasteiger partial charge in [-0.2, -0.15) is 0 Å². The van der Waals surface area contributed by atoms with E-state index in [9.17, 15) is 4.79 Å². The quantitative estimate of drug-likeness (QED) is 0.482. The average molecular weight is 134 g/mol. The molecule has 0 aliphatic rings. The number of methoxy groups -OCH3 is 1. The lowest BCUT2D eigenvalue weighted by atomic mass is 11.1. The Bertz CT molecular complexity index is 60.0. The Kier molecular flexibility index (Phi) is 12.6. The summed E-state index contributed by atoms with van der Waals surface area (Å²) in [4.78, 5) is 9.85. The Balaban J connectivity index is 0. The molecular weight excluding hydrogens is 120 g/mol. The third-order valence-electron chi connectivity index (χ3n) is 0.390. The fraction of sp³-hybridized carbons (Fsp3) is 0.800. The molecule has 0 unspecified atom stereocenters. The summed E-state index contributed by atoms with van der Waals surface area (Å²) in [6, 6.07) is 0. The van der Waals surface area contributed by atoms with Gasteiger partial charge in [-0.15, -0.1) is 0 Å². The van der Waals surface area contributed by atoms with Gasteiger partial charge < -0.3 is 15.4 Å². The van der Waals surface area contributed by atoms with Crippen molar-refractivity contribution in [2.45, 2.75) is 0 Å². The molecule has 0 spiro atoms. The van der Waals surface area contributed by atoms with Gasteiger partial charge in [0.2, 0.25) is 0 Å². The van der Waals surface area contributed by atoms with Crippen LogP contribution in [0, 0.1) is 0 Å². The zero-order valence-electron chi connectivity index (χ0n) is 6.32. The molecule has 56 valence electrons. The van der Waals surface area contributed by atoms with Crippen LogP contribution < -0.4 is 10.6 Å². The first-order chi connectivity index (χ1) is 4.22. The molecule has 0 atom stereocenters. The Morgan fingerprint density at radius 2 is 1.67 bits per heavy atom. The molecule has 0 aliphatic carbocycles. The van der Waals surface area contributed by atoms with Crippen molar-refractivity contribution in [2.24, 2.45) is 0 Å². The summed E-state index contributed by atoms with van der Waals surface area (Å²) in [5.74, 6) is 0. The van der Waals surface area contributed by atoms with Gasteiger partial charge in [-0.3, -0.25) is 0 Å². The van der Waals surface area contributed by atoms with E-state index >= 15 is 0 Å². The Hall–Kier alpha value is -0.770. The van der Waals surface area contributed by atoms with E-state index in [4.69, 9.17) is 0 Å². The van der Waals surface area contributed by atoms with Gasteiger partial charge in [-0.25, -0.2) is 4.79 Å². The zero-order chi connectivity index (χ0) is 7.70. The van der Waals surface area contributed by atoms with Crippen molar-refractivity contribution in [3.63, 3.8) is 0 Å². The molecule has 0 aromatic rings. The number of rotatable bonds is 0. The van der Waals surface area contributed by atoms with Crippen LogP contribution in [0.3, 0.4) is 0 Å². The predicted molar refractivity (Wildman–Crippen MR) is 36.4 cm³/mol. The minimum atomic E-state index is -0.407. The highest BCUT2D eigenvalue weighted by molar-refractivity contribution is 5.66. The predicted octanol–water partition coefficient (Wildman–Crippen LogP) is -0.192. The van der Waals surface area contributed by atoms with Crippen molar-refractivity contribution in [1.82, 2.24) is 10.6 Å². The highest BCUT2D eigenvalue weighted by Gasteiger charge is 1.85. The molecule has 0 radical (unpaired) electrons. The Morgan fingerprint density at radius 3 is 1.67 bits per heavy atom. The Labute approximate surface area is 55.6 Å². The molecule has 2 N–H and O–H groups in total. The van der Waals surface area contributed by atoms with E-state index in [-0.39, 0.29) is 0 Å². The first-order valence-electron chi connectivity index (χ1n) is 2.57. The molecule has 0 fully saturated rings. The van der Waals surface area contributed by atoms with E-state index < -0.39 is 6.09 Å². The fourth-order valence-corrected chi connectivity index (χ4v) is 0.102. The minimum absolute atomic E-state index is 0.407. The van der Waals surface area contributed by atoms with E-state index in [1.807, 2.05) is 14.1 Å². The second kappa shape index (κ2) is 10.3. The molecule has 0 aliphatic heterocycles. The van der Waals surface area contributed by atoms with E-state index in [0.717, 1.165) is 0 Å². The van der Waals surface area contributed by atoms with Crippen LogP contribution in [0.4, 0.5) is 4.79 Å². The van der Waals surface area contributed by atoms with Crippen LogP contribution in [-0.2, 0) is 4.74 Å². The van der Waals surface area contributed by atoms with E-state index in [2.05, 4.69) is 15.4 Å². The van der Waals surface area contributed by atoms with Crippen LogP contribution in [0.5, 0.6) is 0 Å². The van der Waals surface area contributed by atoms with Crippen molar-refractivity contribution in [2.75, 3.05) is 28.3 Å². The lowest BCUT2D eigenvalue weighted by molar-refractivity contribution is 0.173. The van der Waals surface area contributed by atoms with Gasteiger partial charge in [-0.05, 0) is 14.1 Å². The molecule has 4 nitrogen and oxygen atoms in total. The minimum Gasteiger partial charge on any atom is -0.453 e. The van der Waals surface area contributed by atoms with Crippen LogP contribution in [0.25, 0.3) is 0 Å². The number of carbonyl (C=O) groups excluding carboxylic acids is 1. The van der Waals surface area contributed by atoms with E-state index in [1.54, 1.807) is 0 Å². The van der Waals surface area contributed by atoms with Crippen molar-refractivity contribution in [1.29, 1.82) is 0 Å². The van der Waals surface area contributed by atoms with Crippen LogP contribution in [-0.4, -0.2) is 34.3 Å². The van der Waals surface area contributed by atoms with Crippen molar-refractivity contribution >= 4 is 6.09 Å². The zero-order valence-corrected chi connectivity index (χ0v) is 6.32. The summed E-state index contributed by atoms with van der Waals surface area (Å²) in [7, 11) is 6.57. The standard InChI is InChI=1S/C3H7NO2.C2H7N/c1-4-3(5)6-2;1-3-2/h1-2H3,(H,4,5);3H,1-2H3. The summed E-state index contributed by atoms with van der Waals surface area (Å²) in [5, 5.41) is 5.00. The monoisotopic (exact) mass is 134 g/mol. The summed E-state index contributed by atoms with van der Waals surface area (Å²) in [6.45, 7) is 0. The van der Waals surface area contributed by atoms with Gasteiger partial charge in [0.05, 0.1) is 7.11 Å². The van der Waals surface area contributed by atoms with Crippen LogP contribution >= 0.6 is 0 Å². The van der Waals surface area contributed by atoms with Gasteiger partial charge in [0.15, 0.2) is 0 Å². The van der Waals surface area contributed by atoms with Gasteiger partial charge in [-0.1, -0.05) is 0 Å². The number of alkyl carbamates (subject to hydrolysis) is 1. The van der Waals surface area contributed by atoms with Crippen LogP contribution in [0.2, 0.25) is 0 Å². The highest BCUT2D eigenvalue weighted by atomic mass is 16.5. The maximum Gasteiger partial charge on any atom is 0.406 e. The highest BCUT2D eigenvalue weighted by Crippen LogP contribution is 1.62. The summed E-state index contributed by atoms with van der Waals surface area (Å²) < 4.78 is 4.15. The second-order valence-corrected chi connectivity index (χ2v) is 1.24. The molecule has 0 aromatic heterocycles. The SMILES string of the molecule is CNC.CNC(=O)OC. The third-order valence-corrected chi connectivity index (χ3v) is 0.390.